The normalized spacial score (nSPS) is 11.3. The molecule has 7 nitrogen and oxygen atoms in total. The first-order valence-corrected chi connectivity index (χ1v) is 6.17. The Balaban J connectivity index is 2.05. The van der Waals surface area contributed by atoms with Gasteiger partial charge in [0.05, 0.1) is 6.33 Å². The van der Waals surface area contributed by atoms with E-state index in [4.69, 9.17) is 5.73 Å². The Bertz CT molecular complexity index is 503. The van der Waals surface area contributed by atoms with Crippen LogP contribution in [-0.2, 0) is 0 Å². The summed E-state index contributed by atoms with van der Waals surface area (Å²) in [6, 6.07) is 0. The van der Waals surface area contributed by atoms with Gasteiger partial charge in [-0.1, -0.05) is 13.8 Å². The first-order chi connectivity index (χ1) is 8.74. The number of H-pyrrole nitrogens is 1. The molecule has 7 heteroatoms. The van der Waals surface area contributed by atoms with Crippen molar-refractivity contribution in [3.8, 4) is 0 Å². The van der Waals surface area contributed by atoms with E-state index in [1.54, 1.807) is 6.33 Å². The van der Waals surface area contributed by atoms with Crippen molar-refractivity contribution >= 4 is 22.9 Å². The molecule has 2 aromatic heterocycles. The lowest BCUT2D eigenvalue weighted by atomic mass is 10.4. The molecule has 2 aromatic rings. The molecular weight excluding hydrogens is 230 g/mol. The molecule has 98 valence electrons. The predicted molar refractivity (Wildman–Crippen MR) is 72.4 cm³/mol. The lowest BCUT2D eigenvalue weighted by Gasteiger charge is -2.18. The molecule has 2 heterocycles. The molecule has 0 aromatic carbocycles. The Morgan fingerprint density at radius 1 is 1.33 bits per heavy atom. The maximum atomic E-state index is 5.64. The van der Waals surface area contributed by atoms with E-state index < -0.39 is 0 Å². The number of nitrogen functional groups attached to an aromatic ring is 1. The molecular formula is C11H19N7. The Kier molecular flexibility index (Phi) is 3.93. The lowest BCUT2D eigenvalue weighted by Crippen LogP contribution is -2.28. The third kappa shape index (κ3) is 2.67. The lowest BCUT2D eigenvalue weighted by molar-refractivity contribution is 0.316. The van der Waals surface area contributed by atoms with Crippen molar-refractivity contribution in [2.75, 3.05) is 37.2 Å². The van der Waals surface area contributed by atoms with Crippen LogP contribution in [0.3, 0.4) is 0 Å². The van der Waals surface area contributed by atoms with E-state index in [0.29, 0.717) is 11.5 Å². The zero-order valence-electron chi connectivity index (χ0n) is 10.8. The van der Waals surface area contributed by atoms with Crippen LogP contribution in [0.15, 0.2) is 6.33 Å². The maximum absolute atomic E-state index is 5.64. The third-order valence-corrected chi connectivity index (χ3v) is 2.92. The number of imidazole rings is 1. The van der Waals surface area contributed by atoms with Crippen molar-refractivity contribution in [1.29, 1.82) is 0 Å². The number of nitrogens with zero attached hydrogens (tertiary/aromatic N) is 4. The third-order valence-electron chi connectivity index (χ3n) is 2.92. The molecule has 0 aliphatic heterocycles. The summed E-state index contributed by atoms with van der Waals surface area (Å²) in [6.45, 7) is 8.17. The van der Waals surface area contributed by atoms with Gasteiger partial charge in [0.15, 0.2) is 11.5 Å². The van der Waals surface area contributed by atoms with E-state index in [9.17, 15) is 0 Å². The summed E-state index contributed by atoms with van der Waals surface area (Å²) in [7, 11) is 0. The molecule has 0 spiro atoms. The topological polar surface area (TPSA) is 95.8 Å². The van der Waals surface area contributed by atoms with E-state index in [0.717, 1.165) is 31.7 Å². The van der Waals surface area contributed by atoms with Gasteiger partial charge in [-0.3, -0.25) is 0 Å². The summed E-state index contributed by atoms with van der Waals surface area (Å²) < 4.78 is 0. The van der Waals surface area contributed by atoms with E-state index in [-0.39, 0.29) is 5.95 Å². The molecule has 0 aliphatic carbocycles. The Morgan fingerprint density at radius 3 is 2.83 bits per heavy atom. The van der Waals surface area contributed by atoms with Gasteiger partial charge in [-0.05, 0) is 13.1 Å². The second-order valence-corrected chi connectivity index (χ2v) is 3.99. The fourth-order valence-electron chi connectivity index (χ4n) is 1.85. The highest BCUT2D eigenvalue weighted by atomic mass is 15.2. The highest BCUT2D eigenvalue weighted by Gasteiger charge is 2.08. The Hall–Kier alpha value is -1.89. The van der Waals surface area contributed by atoms with Gasteiger partial charge in [-0.2, -0.15) is 9.97 Å². The number of hydrogen-bond donors (Lipinski definition) is 3. The van der Waals surface area contributed by atoms with E-state index in [1.165, 1.54) is 0 Å². The number of nitrogens with one attached hydrogen (secondary N) is 2. The van der Waals surface area contributed by atoms with Crippen LogP contribution in [0.5, 0.6) is 0 Å². The minimum atomic E-state index is 0.236. The van der Waals surface area contributed by atoms with Crippen LogP contribution in [0.4, 0.5) is 11.8 Å². The van der Waals surface area contributed by atoms with Gasteiger partial charge in [-0.15, -0.1) is 0 Å². The summed E-state index contributed by atoms with van der Waals surface area (Å²) in [5.74, 6) is 0.946. The summed E-state index contributed by atoms with van der Waals surface area (Å²) in [6.07, 6.45) is 1.59. The van der Waals surface area contributed by atoms with Crippen LogP contribution in [0.2, 0.25) is 0 Å². The standard InChI is InChI=1S/C11H19N7/c1-3-18(4-2)6-5-13-9-8-10(15-7-14-8)17-11(12)16-9/h7H,3-6H2,1-2H3,(H4,12,13,14,15,16,17). The average molecular weight is 249 g/mol. The summed E-state index contributed by atoms with van der Waals surface area (Å²) in [5.41, 5.74) is 7.03. The quantitative estimate of drug-likeness (QED) is 0.697. The summed E-state index contributed by atoms with van der Waals surface area (Å²) in [4.78, 5) is 17.7. The second-order valence-electron chi connectivity index (χ2n) is 3.99. The highest BCUT2D eigenvalue weighted by Crippen LogP contribution is 2.16. The minimum Gasteiger partial charge on any atom is -0.368 e. The molecule has 0 bridgehead atoms. The fourth-order valence-corrected chi connectivity index (χ4v) is 1.85. The SMILES string of the molecule is CCN(CC)CCNc1nc(N)nc2nc[nH]c12. The average Bonchev–Trinajstić information content (AvgIpc) is 2.82. The Labute approximate surface area is 106 Å². The number of aromatic amines is 1. The maximum Gasteiger partial charge on any atom is 0.224 e. The van der Waals surface area contributed by atoms with Crippen molar-refractivity contribution in [1.82, 2.24) is 24.8 Å². The van der Waals surface area contributed by atoms with Crippen molar-refractivity contribution in [2.45, 2.75) is 13.8 Å². The van der Waals surface area contributed by atoms with Gasteiger partial charge in [0.25, 0.3) is 0 Å². The number of nitrogens with two attached hydrogens (primary N) is 1. The Morgan fingerprint density at radius 2 is 2.11 bits per heavy atom. The molecule has 2 rings (SSSR count). The largest absolute Gasteiger partial charge is 0.368 e. The van der Waals surface area contributed by atoms with Gasteiger partial charge in [0.1, 0.15) is 5.52 Å². The molecule has 0 saturated heterocycles. The van der Waals surface area contributed by atoms with Crippen LogP contribution in [0.1, 0.15) is 13.8 Å². The van der Waals surface area contributed by atoms with Crippen LogP contribution in [-0.4, -0.2) is 51.0 Å². The van der Waals surface area contributed by atoms with Gasteiger partial charge in [0.2, 0.25) is 5.95 Å². The van der Waals surface area contributed by atoms with Crippen molar-refractivity contribution in [3.05, 3.63) is 6.33 Å². The van der Waals surface area contributed by atoms with E-state index in [2.05, 4.69) is 44.0 Å². The molecule has 0 amide bonds. The van der Waals surface area contributed by atoms with Crippen LogP contribution in [0.25, 0.3) is 11.2 Å². The first-order valence-electron chi connectivity index (χ1n) is 6.17. The first kappa shape index (κ1) is 12.6. The number of fused-ring (bicyclic) bond motifs is 1. The molecule has 0 saturated carbocycles. The van der Waals surface area contributed by atoms with Crippen molar-refractivity contribution < 1.29 is 0 Å². The fraction of sp³-hybridized carbons (Fsp3) is 0.545. The zero-order chi connectivity index (χ0) is 13.0. The number of aromatic nitrogens is 4. The van der Waals surface area contributed by atoms with Crippen LogP contribution >= 0.6 is 0 Å². The molecule has 0 radical (unpaired) electrons. The van der Waals surface area contributed by atoms with Crippen molar-refractivity contribution in [3.63, 3.8) is 0 Å². The van der Waals surface area contributed by atoms with Crippen molar-refractivity contribution in [2.24, 2.45) is 0 Å². The zero-order valence-corrected chi connectivity index (χ0v) is 10.8. The molecule has 0 fully saturated rings. The molecule has 4 N–H and O–H groups in total. The number of rotatable bonds is 6. The second kappa shape index (κ2) is 5.63. The highest BCUT2D eigenvalue weighted by molar-refractivity contribution is 5.83. The van der Waals surface area contributed by atoms with E-state index in [1.807, 2.05) is 0 Å². The molecule has 18 heavy (non-hydrogen) atoms. The van der Waals surface area contributed by atoms with Gasteiger partial charge < -0.3 is 20.9 Å². The van der Waals surface area contributed by atoms with Gasteiger partial charge in [-0.25, -0.2) is 4.98 Å². The number of hydrogen-bond acceptors (Lipinski definition) is 6. The number of anilines is 2. The smallest absolute Gasteiger partial charge is 0.224 e. The minimum absolute atomic E-state index is 0.236. The van der Waals surface area contributed by atoms with Crippen LogP contribution in [0, 0.1) is 0 Å². The predicted octanol–water partition coefficient (Wildman–Crippen LogP) is 0.689. The van der Waals surface area contributed by atoms with Crippen LogP contribution < -0.4 is 11.1 Å². The molecule has 0 unspecified atom stereocenters. The molecule has 0 atom stereocenters. The molecule has 0 aliphatic rings. The van der Waals surface area contributed by atoms with E-state index >= 15 is 0 Å². The summed E-state index contributed by atoms with van der Waals surface area (Å²) in [5, 5.41) is 3.27. The van der Waals surface area contributed by atoms with Gasteiger partial charge in [0, 0.05) is 13.1 Å². The monoisotopic (exact) mass is 249 g/mol. The van der Waals surface area contributed by atoms with Gasteiger partial charge >= 0.3 is 0 Å². The number of likely N-dealkylation sites (N-methyl/N-ethyl adjacent to an activating group) is 1. The summed E-state index contributed by atoms with van der Waals surface area (Å²) >= 11 is 0.